The van der Waals surface area contributed by atoms with Crippen LogP contribution in [0.2, 0.25) is 18.1 Å². The molecule has 1 aromatic heterocycles. The maximum Gasteiger partial charge on any atom is 0.192 e. The number of nitrogens with one attached hydrogen (secondary N) is 1. The Bertz CT molecular complexity index is 603. The summed E-state index contributed by atoms with van der Waals surface area (Å²) in [6.07, 6.45) is 0.901. The molecule has 0 bridgehead atoms. The highest BCUT2D eigenvalue weighted by molar-refractivity contribution is 7.84. The van der Waals surface area contributed by atoms with Crippen LogP contribution in [0.4, 0.5) is 0 Å². The molecular weight excluding hydrogens is 368 g/mol. The van der Waals surface area contributed by atoms with Crippen molar-refractivity contribution in [1.29, 1.82) is 0 Å². The van der Waals surface area contributed by atoms with Gasteiger partial charge in [0.15, 0.2) is 8.32 Å². The van der Waals surface area contributed by atoms with Crippen LogP contribution in [-0.2, 0) is 27.4 Å². The normalized spacial score (nSPS) is 17.4. The third-order valence-electron chi connectivity index (χ3n) is 4.79. The molecule has 1 N–H and O–H groups in total. The lowest BCUT2D eigenvalue weighted by Crippen LogP contribution is -2.52. The zero-order valence-electron chi connectivity index (χ0n) is 17.6. The molecule has 1 rings (SSSR count). The number of hydrogen-bond acceptors (Lipinski definition) is 4. The van der Waals surface area contributed by atoms with Crippen molar-refractivity contribution in [2.45, 2.75) is 90.2 Å². The van der Waals surface area contributed by atoms with Crippen LogP contribution in [0.25, 0.3) is 0 Å². The highest BCUT2D eigenvalue weighted by atomic mass is 32.2. The summed E-state index contributed by atoms with van der Waals surface area (Å²) in [5, 5.41) is 3.16. The van der Waals surface area contributed by atoms with Crippen molar-refractivity contribution in [3.05, 3.63) is 16.1 Å². The van der Waals surface area contributed by atoms with Gasteiger partial charge in [-0.3, -0.25) is 0 Å². The summed E-state index contributed by atoms with van der Waals surface area (Å²) in [5.41, 5.74) is 0.507. The van der Waals surface area contributed by atoms with E-state index in [1.807, 2.05) is 20.8 Å². The fourth-order valence-corrected chi connectivity index (χ4v) is 4.78. The molecule has 1 heterocycles. The molecule has 0 fully saturated rings. The molecule has 25 heavy (non-hydrogen) atoms. The lowest BCUT2D eigenvalue weighted by Gasteiger charge is -2.40. The second-order valence-electron chi connectivity index (χ2n) is 9.36. The van der Waals surface area contributed by atoms with E-state index in [0.717, 1.165) is 17.1 Å². The van der Waals surface area contributed by atoms with E-state index in [-0.39, 0.29) is 9.79 Å². The van der Waals surface area contributed by atoms with Gasteiger partial charge in [0.25, 0.3) is 0 Å². The van der Waals surface area contributed by atoms with Crippen molar-refractivity contribution in [3.63, 3.8) is 0 Å². The lowest BCUT2D eigenvalue weighted by molar-refractivity contribution is 0.200. The van der Waals surface area contributed by atoms with Crippen LogP contribution in [0.1, 0.15) is 66.1 Å². The van der Waals surface area contributed by atoms with E-state index in [2.05, 4.69) is 57.8 Å². The van der Waals surface area contributed by atoms with Crippen molar-refractivity contribution in [2.24, 2.45) is 0 Å². The zero-order valence-corrected chi connectivity index (χ0v) is 20.2. The van der Waals surface area contributed by atoms with Gasteiger partial charge in [0, 0.05) is 5.38 Å². The van der Waals surface area contributed by atoms with E-state index >= 15 is 0 Å². The molecule has 0 aliphatic rings. The van der Waals surface area contributed by atoms with E-state index in [4.69, 9.17) is 9.41 Å². The van der Waals surface area contributed by atoms with E-state index in [9.17, 15) is 4.21 Å². The fourth-order valence-electron chi connectivity index (χ4n) is 1.76. The number of nitrogens with zero attached hydrogens (tertiary/aromatic N) is 1. The van der Waals surface area contributed by atoms with Crippen LogP contribution in [0.15, 0.2) is 5.38 Å². The smallest absolute Gasteiger partial charge is 0.192 e. The van der Waals surface area contributed by atoms with Gasteiger partial charge in [-0.1, -0.05) is 27.7 Å². The average molecular weight is 405 g/mol. The minimum atomic E-state index is -1.91. The Labute approximate surface area is 161 Å². The van der Waals surface area contributed by atoms with Gasteiger partial charge in [-0.15, -0.1) is 11.3 Å². The number of rotatable bonds is 7. The Morgan fingerprint density at radius 2 is 1.76 bits per heavy atom. The summed E-state index contributed by atoms with van der Waals surface area (Å²) in [7, 11) is -3.11. The summed E-state index contributed by atoms with van der Waals surface area (Å²) in [4.78, 5) is 4.76. The molecule has 0 radical (unpaired) electrons. The maximum absolute atomic E-state index is 12.8. The van der Waals surface area contributed by atoms with E-state index < -0.39 is 24.8 Å². The number of thiazole rings is 1. The van der Waals surface area contributed by atoms with E-state index in [1.54, 1.807) is 11.3 Å². The highest BCUT2D eigenvalue weighted by Crippen LogP contribution is 2.38. The van der Waals surface area contributed by atoms with E-state index in [0.29, 0.717) is 6.61 Å². The summed E-state index contributed by atoms with van der Waals surface area (Å²) >= 11 is 1.62. The molecule has 4 nitrogen and oxygen atoms in total. The first-order valence-corrected chi connectivity index (χ1v) is 13.8. The largest absolute Gasteiger partial charge is 0.414 e. The van der Waals surface area contributed by atoms with Crippen LogP contribution in [0, 0.1) is 0 Å². The van der Waals surface area contributed by atoms with Crippen molar-refractivity contribution in [1.82, 2.24) is 9.71 Å². The van der Waals surface area contributed by atoms with Gasteiger partial charge in [0.05, 0.1) is 28.0 Å². The predicted octanol–water partition coefficient (Wildman–Crippen LogP) is 4.99. The summed E-state index contributed by atoms with van der Waals surface area (Å²) in [6.45, 7) is 21.7. The molecule has 1 aromatic rings. The van der Waals surface area contributed by atoms with Gasteiger partial charge in [0.2, 0.25) is 0 Å². The SMILES string of the molecule is CCc1csc([C@](C)(CO[Si](C)(C)C(C)(C)C)N[S@@](=O)C(C)(C)C)n1. The third kappa shape index (κ3) is 5.96. The molecule has 7 heteroatoms. The molecule has 0 spiro atoms. The van der Waals surface area contributed by atoms with Crippen LogP contribution in [0.5, 0.6) is 0 Å². The number of aryl methyl sites for hydroxylation is 1. The van der Waals surface area contributed by atoms with Crippen LogP contribution >= 0.6 is 11.3 Å². The minimum absolute atomic E-state index is 0.133. The summed E-state index contributed by atoms with van der Waals surface area (Å²) in [6, 6.07) is 0. The van der Waals surface area contributed by atoms with Crippen LogP contribution in [-0.4, -0.2) is 28.9 Å². The Kier molecular flexibility index (Phi) is 7.24. The second kappa shape index (κ2) is 7.88. The topological polar surface area (TPSA) is 51.2 Å². The second-order valence-corrected chi connectivity index (χ2v) is 17.0. The first kappa shape index (κ1) is 23.0. The molecule has 0 aliphatic carbocycles. The van der Waals surface area contributed by atoms with Gasteiger partial charge in [-0.05, 0) is 52.2 Å². The minimum Gasteiger partial charge on any atom is -0.414 e. The standard InChI is InChI=1S/C18H36N2O2S2Si/c1-11-14-12-23-15(19-14)18(8,20-24(21)16(2,3)4)13-22-25(9,10)17(5,6)7/h12,20H,11,13H2,1-10H3/t18-,24-/m0/s1. The van der Waals surface area contributed by atoms with Crippen molar-refractivity contribution in [3.8, 4) is 0 Å². The molecule has 0 unspecified atom stereocenters. The van der Waals surface area contributed by atoms with Crippen molar-refractivity contribution >= 4 is 30.6 Å². The van der Waals surface area contributed by atoms with Gasteiger partial charge in [0.1, 0.15) is 10.5 Å². The Balaban J connectivity index is 3.13. The zero-order chi connectivity index (χ0) is 19.7. The Morgan fingerprint density at radius 3 is 2.16 bits per heavy atom. The van der Waals surface area contributed by atoms with Crippen molar-refractivity contribution < 1.29 is 8.63 Å². The van der Waals surface area contributed by atoms with Crippen LogP contribution in [0.3, 0.4) is 0 Å². The van der Waals surface area contributed by atoms with Gasteiger partial charge < -0.3 is 4.43 Å². The molecule has 146 valence electrons. The van der Waals surface area contributed by atoms with Crippen molar-refractivity contribution in [2.75, 3.05) is 6.61 Å². The lowest BCUT2D eigenvalue weighted by atomic mass is 10.1. The first-order valence-electron chi connectivity index (χ1n) is 8.91. The molecule has 0 aliphatic heterocycles. The fraction of sp³-hybridized carbons (Fsp3) is 0.833. The highest BCUT2D eigenvalue weighted by Gasteiger charge is 2.42. The van der Waals surface area contributed by atoms with E-state index in [1.165, 1.54) is 0 Å². The van der Waals surface area contributed by atoms with Gasteiger partial charge >= 0.3 is 0 Å². The number of hydrogen-bond donors (Lipinski definition) is 1. The maximum atomic E-state index is 12.8. The number of aromatic nitrogens is 1. The molecule has 2 atom stereocenters. The molecule has 0 saturated carbocycles. The molecular formula is C18H36N2O2S2Si. The van der Waals surface area contributed by atoms with Gasteiger partial charge in [-0.25, -0.2) is 13.9 Å². The summed E-state index contributed by atoms with van der Waals surface area (Å²) in [5.74, 6) is 0. The Morgan fingerprint density at radius 1 is 1.20 bits per heavy atom. The first-order chi connectivity index (χ1) is 11.1. The Hall–Kier alpha value is -0.0831. The van der Waals surface area contributed by atoms with Crippen LogP contribution < -0.4 is 4.72 Å². The molecule has 0 aromatic carbocycles. The quantitative estimate of drug-likeness (QED) is 0.651. The third-order valence-corrected chi connectivity index (χ3v) is 12.2. The monoisotopic (exact) mass is 404 g/mol. The predicted molar refractivity (Wildman–Crippen MR) is 113 cm³/mol. The molecule has 0 amide bonds. The van der Waals surface area contributed by atoms with Gasteiger partial charge in [-0.2, -0.15) is 0 Å². The molecule has 0 saturated heterocycles. The average Bonchev–Trinajstić information content (AvgIpc) is 2.92. The summed E-state index contributed by atoms with van der Waals surface area (Å²) < 4.78 is 22.2.